The van der Waals surface area contributed by atoms with E-state index in [1.54, 1.807) is 36.4 Å². The summed E-state index contributed by atoms with van der Waals surface area (Å²) in [5.74, 6) is 0.658. The summed E-state index contributed by atoms with van der Waals surface area (Å²) in [4.78, 5) is 0.216. The molecule has 0 atom stereocenters. The van der Waals surface area contributed by atoms with Crippen LogP contribution in [0.5, 0.6) is 5.75 Å². The van der Waals surface area contributed by atoms with Crippen molar-refractivity contribution in [2.75, 3.05) is 11.3 Å². The van der Waals surface area contributed by atoms with Gasteiger partial charge in [-0.1, -0.05) is 25.5 Å². The molecule has 22 heavy (non-hydrogen) atoms. The molecular weight excluding hydrogens is 298 g/mol. The van der Waals surface area contributed by atoms with Gasteiger partial charge in [-0.05, 0) is 55.3 Å². The number of aryl methyl sites for hydroxylation is 1. The molecule has 0 aliphatic carbocycles. The maximum Gasteiger partial charge on any atom is 0.261 e. The van der Waals surface area contributed by atoms with Crippen LogP contribution in [0.3, 0.4) is 0 Å². The predicted octanol–water partition coefficient (Wildman–Crippen LogP) is 3.84. The number of nitrogens with one attached hydrogen (secondary N) is 1. The van der Waals surface area contributed by atoms with E-state index in [4.69, 9.17) is 4.74 Å². The molecule has 0 radical (unpaired) electrons. The fourth-order valence-electron chi connectivity index (χ4n) is 2.12. The lowest BCUT2D eigenvalue weighted by atomic mass is 10.1. The minimum Gasteiger partial charge on any atom is -0.494 e. The van der Waals surface area contributed by atoms with Gasteiger partial charge in [-0.25, -0.2) is 8.42 Å². The van der Waals surface area contributed by atoms with E-state index in [1.165, 1.54) is 5.56 Å². The third-order valence-electron chi connectivity index (χ3n) is 3.19. The fourth-order valence-corrected chi connectivity index (χ4v) is 3.18. The van der Waals surface area contributed by atoms with E-state index in [2.05, 4.69) is 11.6 Å². The number of sulfonamides is 1. The van der Waals surface area contributed by atoms with Gasteiger partial charge in [0, 0.05) is 5.69 Å². The molecule has 0 amide bonds. The molecule has 4 nitrogen and oxygen atoms in total. The van der Waals surface area contributed by atoms with Crippen molar-refractivity contribution in [2.45, 2.75) is 31.6 Å². The molecule has 0 saturated heterocycles. The van der Waals surface area contributed by atoms with Gasteiger partial charge in [-0.3, -0.25) is 4.72 Å². The fraction of sp³-hybridized carbons (Fsp3) is 0.294. The summed E-state index contributed by atoms with van der Waals surface area (Å²) in [7, 11) is -3.58. The predicted molar refractivity (Wildman–Crippen MR) is 88.9 cm³/mol. The molecule has 2 aromatic rings. The van der Waals surface area contributed by atoms with Gasteiger partial charge < -0.3 is 4.74 Å². The summed E-state index contributed by atoms with van der Waals surface area (Å²) in [5.41, 5.74) is 1.76. The lowest BCUT2D eigenvalue weighted by Crippen LogP contribution is -2.12. The zero-order chi connectivity index (χ0) is 16.0. The first-order valence-corrected chi connectivity index (χ1v) is 8.88. The van der Waals surface area contributed by atoms with Crippen molar-refractivity contribution in [3.63, 3.8) is 0 Å². The van der Waals surface area contributed by atoms with E-state index in [9.17, 15) is 8.42 Å². The highest BCUT2D eigenvalue weighted by Gasteiger charge is 2.14. The number of anilines is 1. The lowest BCUT2D eigenvalue weighted by Gasteiger charge is -2.09. The Hall–Kier alpha value is -2.01. The summed E-state index contributed by atoms with van der Waals surface area (Å²) in [5, 5.41) is 0. The van der Waals surface area contributed by atoms with Crippen molar-refractivity contribution in [3.8, 4) is 5.75 Å². The minimum atomic E-state index is -3.58. The van der Waals surface area contributed by atoms with Crippen LogP contribution in [0.4, 0.5) is 5.69 Å². The van der Waals surface area contributed by atoms with Gasteiger partial charge in [-0.15, -0.1) is 0 Å². The molecular formula is C17H21NO3S. The molecule has 0 spiro atoms. The summed E-state index contributed by atoms with van der Waals surface area (Å²) in [6, 6.07) is 13.9. The van der Waals surface area contributed by atoms with Crippen LogP contribution >= 0.6 is 0 Å². The van der Waals surface area contributed by atoms with Gasteiger partial charge >= 0.3 is 0 Å². The summed E-state index contributed by atoms with van der Waals surface area (Å²) >= 11 is 0. The Balaban J connectivity index is 2.12. The van der Waals surface area contributed by atoms with Crippen LogP contribution in [0.25, 0.3) is 0 Å². The van der Waals surface area contributed by atoms with E-state index < -0.39 is 10.0 Å². The van der Waals surface area contributed by atoms with E-state index in [0.717, 1.165) is 12.8 Å². The third kappa shape index (κ3) is 4.24. The normalized spacial score (nSPS) is 11.2. The van der Waals surface area contributed by atoms with Crippen LogP contribution in [0.2, 0.25) is 0 Å². The molecule has 118 valence electrons. The number of ether oxygens (including phenoxy) is 1. The van der Waals surface area contributed by atoms with E-state index in [1.807, 2.05) is 19.1 Å². The van der Waals surface area contributed by atoms with Crippen molar-refractivity contribution < 1.29 is 13.2 Å². The average molecular weight is 319 g/mol. The second kappa shape index (κ2) is 7.31. The molecule has 5 heteroatoms. The van der Waals surface area contributed by atoms with Gasteiger partial charge in [0.05, 0.1) is 11.5 Å². The van der Waals surface area contributed by atoms with E-state index >= 15 is 0 Å². The highest BCUT2D eigenvalue weighted by atomic mass is 32.2. The van der Waals surface area contributed by atoms with Crippen LogP contribution in [-0.2, 0) is 16.4 Å². The van der Waals surface area contributed by atoms with Crippen molar-refractivity contribution in [1.82, 2.24) is 0 Å². The standard InChI is InChI=1S/C17H21NO3S/c1-3-5-14-6-8-15(9-7-14)18-22(19,20)17-12-10-16(11-13-17)21-4-2/h6-13,18H,3-5H2,1-2H3. The maximum absolute atomic E-state index is 12.3. The topological polar surface area (TPSA) is 55.4 Å². The van der Waals surface area contributed by atoms with Crippen LogP contribution < -0.4 is 9.46 Å². The minimum absolute atomic E-state index is 0.216. The maximum atomic E-state index is 12.3. The van der Waals surface area contributed by atoms with Crippen molar-refractivity contribution in [2.24, 2.45) is 0 Å². The van der Waals surface area contributed by atoms with Gasteiger partial charge in [-0.2, -0.15) is 0 Å². The van der Waals surface area contributed by atoms with Crippen LogP contribution in [-0.4, -0.2) is 15.0 Å². The second-order valence-corrected chi connectivity index (χ2v) is 6.64. The lowest BCUT2D eigenvalue weighted by molar-refractivity contribution is 0.340. The molecule has 2 rings (SSSR count). The summed E-state index contributed by atoms with van der Waals surface area (Å²) < 4.78 is 32.6. The third-order valence-corrected chi connectivity index (χ3v) is 4.59. The molecule has 2 aromatic carbocycles. The molecule has 0 heterocycles. The molecule has 1 N–H and O–H groups in total. The first kappa shape index (κ1) is 16.4. The Morgan fingerprint density at radius 3 is 2.14 bits per heavy atom. The van der Waals surface area contributed by atoms with Gasteiger partial charge in [0.2, 0.25) is 0 Å². The van der Waals surface area contributed by atoms with Gasteiger partial charge in [0.25, 0.3) is 10.0 Å². The number of benzene rings is 2. The number of hydrogen-bond acceptors (Lipinski definition) is 3. The van der Waals surface area contributed by atoms with Gasteiger partial charge in [0.15, 0.2) is 0 Å². The zero-order valence-electron chi connectivity index (χ0n) is 12.9. The Morgan fingerprint density at radius 2 is 1.59 bits per heavy atom. The first-order valence-electron chi connectivity index (χ1n) is 7.39. The smallest absolute Gasteiger partial charge is 0.261 e. The Kier molecular flexibility index (Phi) is 5.44. The molecule has 0 unspecified atom stereocenters. The Labute approximate surface area is 132 Å². The summed E-state index contributed by atoms with van der Waals surface area (Å²) in [6.07, 6.45) is 2.06. The molecule has 0 aliphatic rings. The van der Waals surface area contributed by atoms with Crippen LogP contribution in [0.15, 0.2) is 53.4 Å². The molecule has 0 saturated carbocycles. The van der Waals surface area contributed by atoms with Crippen molar-refractivity contribution in [3.05, 3.63) is 54.1 Å². The highest BCUT2D eigenvalue weighted by molar-refractivity contribution is 7.92. The Morgan fingerprint density at radius 1 is 0.955 bits per heavy atom. The highest BCUT2D eigenvalue weighted by Crippen LogP contribution is 2.20. The number of rotatable bonds is 7. The quantitative estimate of drug-likeness (QED) is 0.843. The van der Waals surface area contributed by atoms with E-state index in [-0.39, 0.29) is 4.90 Å². The van der Waals surface area contributed by atoms with E-state index in [0.29, 0.717) is 18.0 Å². The second-order valence-electron chi connectivity index (χ2n) is 4.96. The molecule has 0 aliphatic heterocycles. The van der Waals surface area contributed by atoms with Crippen molar-refractivity contribution >= 4 is 15.7 Å². The molecule has 0 bridgehead atoms. The van der Waals surface area contributed by atoms with Crippen LogP contribution in [0, 0.1) is 0 Å². The largest absolute Gasteiger partial charge is 0.494 e. The zero-order valence-corrected chi connectivity index (χ0v) is 13.7. The molecule has 0 fully saturated rings. The first-order chi connectivity index (χ1) is 10.5. The van der Waals surface area contributed by atoms with Crippen molar-refractivity contribution in [1.29, 1.82) is 0 Å². The Bertz CT molecular complexity index is 692. The van der Waals surface area contributed by atoms with Crippen LogP contribution in [0.1, 0.15) is 25.8 Å². The number of hydrogen-bond donors (Lipinski definition) is 1. The molecule has 0 aromatic heterocycles. The van der Waals surface area contributed by atoms with Gasteiger partial charge in [0.1, 0.15) is 5.75 Å². The monoisotopic (exact) mass is 319 g/mol. The SMILES string of the molecule is CCCc1ccc(NS(=O)(=O)c2ccc(OCC)cc2)cc1. The summed E-state index contributed by atoms with van der Waals surface area (Å²) in [6.45, 7) is 4.55. The average Bonchev–Trinajstić information content (AvgIpc) is 2.50.